The lowest BCUT2D eigenvalue weighted by Crippen LogP contribution is -2.19. The number of carbonyl (C=O) groups excluding carboxylic acids is 2. The fourth-order valence-corrected chi connectivity index (χ4v) is 6.21. The smallest absolute Gasteiger partial charge is 0.343 e. The lowest BCUT2D eigenvalue weighted by Gasteiger charge is -2.18. The van der Waals surface area contributed by atoms with E-state index in [1.165, 1.54) is 24.6 Å². The van der Waals surface area contributed by atoms with E-state index in [4.69, 9.17) is 29.1 Å². The van der Waals surface area contributed by atoms with Crippen LogP contribution in [0.25, 0.3) is 10.8 Å². The zero-order valence-electron chi connectivity index (χ0n) is 28.3. The van der Waals surface area contributed by atoms with Gasteiger partial charge in [-0.25, -0.2) is 14.0 Å². The molecule has 9 heteroatoms. The third kappa shape index (κ3) is 8.72. The van der Waals surface area contributed by atoms with Gasteiger partial charge in [0, 0.05) is 42.5 Å². The van der Waals surface area contributed by atoms with Crippen molar-refractivity contribution in [2.24, 2.45) is 5.92 Å². The van der Waals surface area contributed by atoms with Gasteiger partial charge in [0.25, 0.3) is 0 Å². The number of hydrogen-bond donors (Lipinski definition) is 1. The number of hydrogen-bond acceptors (Lipinski definition) is 8. The van der Waals surface area contributed by atoms with Gasteiger partial charge in [0.2, 0.25) is 0 Å². The summed E-state index contributed by atoms with van der Waals surface area (Å²) in [5, 5.41) is 9.43. The van der Waals surface area contributed by atoms with E-state index in [2.05, 4.69) is 11.8 Å². The Kier molecular flexibility index (Phi) is 10.7. The predicted octanol–water partition coefficient (Wildman–Crippen LogP) is 8.17. The molecule has 2 fully saturated rings. The zero-order chi connectivity index (χ0) is 35.9. The number of nitrogens with one attached hydrogen (secondary N) is 1. The van der Waals surface area contributed by atoms with Crippen LogP contribution in [0.5, 0.6) is 17.2 Å². The molecule has 52 heavy (non-hydrogen) atoms. The van der Waals surface area contributed by atoms with Crippen molar-refractivity contribution < 1.29 is 37.7 Å². The van der Waals surface area contributed by atoms with Crippen LogP contribution < -0.4 is 14.2 Å². The zero-order valence-corrected chi connectivity index (χ0v) is 28.3. The molecule has 8 nitrogen and oxygen atoms in total. The lowest BCUT2D eigenvalue weighted by molar-refractivity contribution is 0.0727. The number of esters is 2. The molecule has 5 aromatic carbocycles. The summed E-state index contributed by atoms with van der Waals surface area (Å²) in [6.07, 6.45) is 6.24. The van der Waals surface area contributed by atoms with Crippen molar-refractivity contribution in [3.63, 3.8) is 0 Å². The first-order chi connectivity index (χ1) is 25.4. The minimum Gasteiger partial charge on any atom is -0.493 e. The highest BCUT2D eigenvalue weighted by atomic mass is 19.1. The Bertz CT molecular complexity index is 2170. The maximum atomic E-state index is 15.1. The van der Waals surface area contributed by atoms with E-state index in [0.717, 1.165) is 54.5 Å². The summed E-state index contributed by atoms with van der Waals surface area (Å²) in [4.78, 5) is 25.8. The van der Waals surface area contributed by atoms with E-state index in [1.54, 1.807) is 30.3 Å². The van der Waals surface area contributed by atoms with Crippen molar-refractivity contribution in [2.75, 3.05) is 19.8 Å². The first-order valence-corrected chi connectivity index (χ1v) is 17.3. The van der Waals surface area contributed by atoms with Gasteiger partial charge in [-0.05, 0) is 109 Å². The number of carbonyl (C=O) groups is 2. The van der Waals surface area contributed by atoms with Crippen molar-refractivity contribution in [3.8, 4) is 29.1 Å². The van der Waals surface area contributed by atoms with Gasteiger partial charge in [-0.15, -0.1) is 0 Å². The van der Waals surface area contributed by atoms with Gasteiger partial charge < -0.3 is 29.1 Å². The van der Waals surface area contributed by atoms with Gasteiger partial charge in [0.05, 0.1) is 29.9 Å². The first kappa shape index (κ1) is 34.6. The molecule has 0 aromatic heterocycles. The van der Waals surface area contributed by atoms with Crippen molar-refractivity contribution in [3.05, 3.63) is 137 Å². The average molecular weight is 698 g/mol. The Morgan fingerprint density at radius 3 is 2.31 bits per heavy atom. The second-order valence-corrected chi connectivity index (χ2v) is 12.8. The molecular weight excluding hydrogens is 661 g/mol. The summed E-state index contributed by atoms with van der Waals surface area (Å²) in [6.45, 7) is 1.95. The third-order valence-corrected chi connectivity index (χ3v) is 9.08. The van der Waals surface area contributed by atoms with Crippen LogP contribution in [-0.4, -0.2) is 50.2 Å². The summed E-state index contributed by atoms with van der Waals surface area (Å²) in [7, 11) is 0. The molecule has 1 heterocycles. The second kappa shape index (κ2) is 16.0. The Hall–Kier alpha value is -5.82. The third-order valence-electron chi connectivity index (χ3n) is 9.08. The molecule has 1 aliphatic heterocycles. The molecule has 0 bridgehead atoms. The monoisotopic (exact) mass is 697 g/mol. The average Bonchev–Trinajstić information content (AvgIpc) is 3.96. The Balaban J connectivity index is 0.903. The first-order valence-electron chi connectivity index (χ1n) is 17.3. The maximum absolute atomic E-state index is 15.1. The minimum absolute atomic E-state index is 0.0939. The van der Waals surface area contributed by atoms with Crippen LogP contribution >= 0.6 is 0 Å². The molecular formula is C43H36FNO7. The standard InChI is InChI=1S/C43H36FNO7/c44-37-25-34(43(47)51-38-16-9-29(21-35(38)26-45)8-7-28-5-2-1-3-6-28)14-18-39(37)52-42(46)33-12-11-32-24-36(15-13-31(32)23-33)49-20-4-19-48-27-30-10-17-40-41(22-30)50-40/h1-3,5-6,9,11-16,18,21,23-26,30,40-41,45H,4,10,17,19-20,22,27H2. The molecule has 1 N–H and O–H groups in total. The molecule has 2 aliphatic rings. The summed E-state index contributed by atoms with van der Waals surface area (Å²) < 4.78 is 43.2. The molecule has 3 unspecified atom stereocenters. The van der Waals surface area contributed by atoms with Gasteiger partial charge in [-0.3, -0.25) is 0 Å². The normalized spacial score (nSPS) is 17.3. The van der Waals surface area contributed by atoms with E-state index < -0.39 is 17.8 Å². The molecule has 1 aliphatic carbocycles. The minimum atomic E-state index is -0.908. The number of ether oxygens (including phenoxy) is 5. The lowest BCUT2D eigenvalue weighted by atomic mass is 9.90. The number of fused-ring (bicyclic) bond motifs is 2. The number of rotatable bonds is 12. The van der Waals surface area contributed by atoms with Crippen LogP contribution in [0.1, 0.15) is 63.1 Å². The summed E-state index contributed by atoms with van der Waals surface area (Å²) >= 11 is 0. The van der Waals surface area contributed by atoms with Crippen molar-refractivity contribution in [1.29, 1.82) is 5.41 Å². The fraction of sp³-hybridized carbons (Fsp3) is 0.233. The Morgan fingerprint density at radius 2 is 1.50 bits per heavy atom. The van der Waals surface area contributed by atoms with E-state index in [-0.39, 0.29) is 22.6 Å². The molecule has 3 atom stereocenters. The Morgan fingerprint density at radius 1 is 0.769 bits per heavy atom. The highest BCUT2D eigenvalue weighted by Gasteiger charge is 2.43. The van der Waals surface area contributed by atoms with Crippen LogP contribution in [-0.2, 0) is 9.47 Å². The van der Waals surface area contributed by atoms with Gasteiger partial charge in [-0.2, -0.15) is 0 Å². The van der Waals surface area contributed by atoms with Crippen LogP contribution in [0.2, 0.25) is 0 Å². The second-order valence-electron chi connectivity index (χ2n) is 12.8. The number of halogens is 1. The van der Waals surface area contributed by atoms with Gasteiger partial charge in [0.15, 0.2) is 11.6 Å². The highest BCUT2D eigenvalue weighted by Crippen LogP contribution is 2.39. The van der Waals surface area contributed by atoms with Crippen LogP contribution in [0.15, 0.2) is 103 Å². The molecule has 0 radical (unpaired) electrons. The summed E-state index contributed by atoms with van der Waals surface area (Å²) in [5.41, 5.74) is 1.94. The largest absolute Gasteiger partial charge is 0.493 e. The molecule has 5 aromatic rings. The van der Waals surface area contributed by atoms with Crippen LogP contribution in [0.4, 0.5) is 4.39 Å². The SMILES string of the molecule is N=Cc1cc(C#Cc2ccccc2)ccc1OC(=O)c1ccc(OC(=O)c2ccc3cc(OCCCOCC4CCC5OC5C4)ccc3c2)c(F)c1. The van der Waals surface area contributed by atoms with Gasteiger partial charge in [-0.1, -0.05) is 42.2 Å². The quantitative estimate of drug-likeness (QED) is 0.0350. The number of epoxide rings is 1. The predicted molar refractivity (Wildman–Crippen MR) is 194 cm³/mol. The molecule has 1 saturated heterocycles. The van der Waals surface area contributed by atoms with E-state index in [0.29, 0.717) is 48.2 Å². The molecule has 0 amide bonds. The highest BCUT2D eigenvalue weighted by molar-refractivity contribution is 5.97. The molecule has 262 valence electrons. The van der Waals surface area contributed by atoms with Crippen LogP contribution in [0.3, 0.4) is 0 Å². The van der Waals surface area contributed by atoms with Gasteiger partial charge in [0.1, 0.15) is 11.5 Å². The maximum Gasteiger partial charge on any atom is 0.343 e. The number of benzene rings is 5. The van der Waals surface area contributed by atoms with Crippen molar-refractivity contribution >= 4 is 28.9 Å². The topological polar surface area (TPSA) is 107 Å². The summed E-state index contributed by atoms with van der Waals surface area (Å²) in [6, 6.07) is 28.4. The molecule has 1 saturated carbocycles. The van der Waals surface area contributed by atoms with Crippen molar-refractivity contribution in [2.45, 2.75) is 37.9 Å². The summed E-state index contributed by atoms with van der Waals surface area (Å²) in [5.74, 6) is 4.67. The van der Waals surface area contributed by atoms with Crippen molar-refractivity contribution in [1.82, 2.24) is 0 Å². The molecule has 0 spiro atoms. The Labute approximate surface area is 300 Å². The van der Waals surface area contributed by atoms with E-state index in [9.17, 15) is 9.59 Å². The molecule has 7 rings (SSSR count). The van der Waals surface area contributed by atoms with E-state index in [1.807, 2.05) is 48.5 Å². The fourth-order valence-electron chi connectivity index (χ4n) is 6.21. The van der Waals surface area contributed by atoms with Gasteiger partial charge >= 0.3 is 11.9 Å². The van der Waals surface area contributed by atoms with Crippen LogP contribution in [0, 0.1) is 29.0 Å². The van der Waals surface area contributed by atoms with E-state index >= 15 is 4.39 Å².